The van der Waals surface area contributed by atoms with Crippen molar-refractivity contribution >= 4 is 27.7 Å². The summed E-state index contributed by atoms with van der Waals surface area (Å²) in [5.74, 6) is -1.34. The lowest BCUT2D eigenvalue weighted by atomic mass is 10.1. The van der Waals surface area contributed by atoms with Gasteiger partial charge in [-0.3, -0.25) is 19.8 Å². The predicted molar refractivity (Wildman–Crippen MR) is 132 cm³/mol. The first kappa shape index (κ1) is 26.3. The average molecular weight is 502 g/mol. The van der Waals surface area contributed by atoms with Gasteiger partial charge in [-0.1, -0.05) is 53.7 Å². The highest BCUT2D eigenvalue weighted by Gasteiger charge is 2.33. The van der Waals surface area contributed by atoms with Crippen LogP contribution in [0.25, 0.3) is 0 Å². The number of carbonyl (C=O) groups excluding carboxylic acids is 2. The molecule has 1 aliphatic heterocycles. The summed E-state index contributed by atoms with van der Waals surface area (Å²) in [4.78, 5) is 28.0. The van der Waals surface area contributed by atoms with Crippen LogP contribution >= 0.6 is 0 Å². The molecule has 2 amide bonds. The molecule has 2 atom stereocenters. The normalized spacial score (nSPS) is 17.7. The van der Waals surface area contributed by atoms with Crippen LogP contribution in [-0.4, -0.2) is 60.6 Å². The molecule has 0 aliphatic carbocycles. The second-order valence-corrected chi connectivity index (χ2v) is 10.5. The maximum atomic E-state index is 13.0. The van der Waals surface area contributed by atoms with E-state index in [9.17, 15) is 18.0 Å². The zero-order valence-electron chi connectivity index (χ0n) is 19.6. The second kappa shape index (κ2) is 11.9. The lowest BCUT2D eigenvalue weighted by Crippen LogP contribution is -2.53. The Morgan fingerprint density at radius 1 is 1.17 bits per heavy atom. The van der Waals surface area contributed by atoms with Gasteiger partial charge in [0.25, 0.3) is 0 Å². The number of oxime groups is 1. The Kier molecular flexibility index (Phi) is 8.96. The van der Waals surface area contributed by atoms with E-state index in [0.29, 0.717) is 25.1 Å². The summed E-state index contributed by atoms with van der Waals surface area (Å²) in [5, 5.41) is 14.4. The van der Waals surface area contributed by atoms with Crippen molar-refractivity contribution in [3.05, 3.63) is 71.3 Å². The van der Waals surface area contributed by atoms with Gasteiger partial charge in [0.15, 0.2) is 5.84 Å². The van der Waals surface area contributed by atoms with Gasteiger partial charge in [-0.25, -0.2) is 13.1 Å². The van der Waals surface area contributed by atoms with Crippen LogP contribution in [0.15, 0.2) is 59.8 Å². The minimum Gasteiger partial charge on any atom is -0.409 e. The number of sulfonamides is 1. The fourth-order valence-corrected chi connectivity index (χ4v) is 4.85. The molecule has 188 valence electrons. The molecule has 35 heavy (non-hydrogen) atoms. The number of nitrogens with two attached hydrogens (primary N) is 1. The number of benzene rings is 2. The quantitative estimate of drug-likeness (QED) is 0.163. The third-order valence-corrected chi connectivity index (χ3v) is 7.33. The molecule has 2 aromatic rings. The van der Waals surface area contributed by atoms with Crippen LogP contribution in [-0.2, 0) is 32.6 Å². The number of hydrogen-bond acceptors (Lipinski definition) is 7. The van der Waals surface area contributed by atoms with Gasteiger partial charge >= 0.3 is 0 Å². The summed E-state index contributed by atoms with van der Waals surface area (Å²) in [6, 6.07) is 14.5. The van der Waals surface area contributed by atoms with Gasteiger partial charge in [-0.05, 0) is 49.9 Å². The molecule has 1 fully saturated rings. The van der Waals surface area contributed by atoms with Gasteiger partial charge in [0, 0.05) is 12.1 Å². The first-order chi connectivity index (χ1) is 16.7. The molecule has 2 aromatic carbocycles. The van der Waals surface area contributed by atoms with Gasteiger partial charge in [-0.15, -0.1) is 0 Å². The molecule has 0 bridgehead atoms. The molecular weight excluding hydrogens is 470 g/mol. The largest absolute Gasteiger partial charge is 0.409 e. The van der Waals surface area contributed by atoms with Crippen LogP contribution in [0.1, 0.15) is 36.5 Å². The summed E-state index contributed by atoms with van der Waals surface area (Å²) >= 11 is 0. The van der Waals surface area contributed by atoms with Crippen LogP contribution < -0.4 is 15.8 Å². The number of rotatable bonds is 10. The number of carbonyl (C=O) groups is 2. The molecular formula is C24H31N5O5S. The Hall–Kier alpha value is -3.28. The van der Waals surface area contributed by atoms with Gasteiger partial charge in [0.1, 0.15) is 6.04 Å². The molecule has 1 heterocycles. The van der Waals surface area contributed by atoms with Crippen molar-refractivity contribution in [1.82, 2.24) is 14.9 Å². The predicted octanol–water partition coefficient (Wildman–Crippen LogP) is 0.939. The molecule has 3 rings (SSSR count). The molecule has 11 heteroatoms. The highest BCUT2D eigenvalue weighted by Crippen LogP contribution is 2.21. The van der Waals surface area contributed by atoms with Crippen molar-refractivity contribution in [2.75, 3.05) is 12.3 Å². The zero-order valence-corrected chi connectivity index (χ0v) is 20.4. The molecule has 10 nitrogen and oxygen atoms in total. The van der Waals surface area contributed by atoms with Crippen LogP contribution in [0, 0.1) is 0 Å². The highest BCUT2D eigenvalue weighted by molar-refractivity contribution is 7.89. The summed E-state index contributed by atoms with van der Waals surface area (Å²) in [7, 11) is -3.67. The molecule has 0 radical (unpaired) electrons. The molecule has 0 saturated carbocycles. The van der Waals surface area contributed by atoms with E-state index in [1.165, 1.54) is 6.92 Å². The fourth-order valence-electron chi connectivity index (χ4n) is 4.06. The number of amides is 2. The Bertz CT molecular complexity index is 1170. The highest BCUT2D eigenvalue weighted by atomic mass is 32.2. The minimum atomic E-state index is -3.67. The number of likely N-dealkylation sites (tertiary alicyclic amines) is 1. The summed E-state index contributed by atoms with van der Waals surface area (Å²) in [5.41, 5.74) is 7.88. The number of imide groups is 1. The second-order valence-electron chi connectivity index (χ2n) is 8.43. The molecule has 1 aliphatic rings. The Labute approximate surface area is 205 Å². The lowest BCUT2D eigenvalue weighted by molar-refractivity contribution is -0.134. The van der Waals surface area contributed by atoms with Crippen molar-refractivity contribution in [3.63, 3.8) is 0 Å². The smallest absolute Gasteiger partial charge is 0.245 e. The van der Waals surface area contributed by atoms with Crippen molar-refractivity contribution in [1.29, 1.82) is 0 Å². The average Bonchev–Trinajstić information content (AvgIpc) is 3.32. The lowest BCUT2D eigenvalue weighted by Gasteiger charge is -2.25. The first-order valence-electron chi connectivity index (χ1n) is 11.4. The van der Waals surface area contributed by atoms with E-state index >= 15 is 0 Å². The molecule has 0 spiro atoms. The summed E-state index contributed by atoms with van der Waals surface area (Å²) in [6.45, 7) is 2.58. The number of nitrogens with zero attached hydrogens (tertiary/aromatic N) is 2. The van der Waals surface area contributed by atoms with Gasteiger partial charge < -0.3 is 10.9 Å². The van der Waals surface area contributed by atoms with E-state index in [2.05, 4.69) is 15.2 Å². The van der Waals surface area contributed by atoms with E-state index in [-0.39, 0.29) is 18.0 Å². The molecule has 5 N–H and O–H groups in total. The van der Waals surface area contributed by atoms with E-state index in [0.717, 1.165) is 17.5 Å². The van der Waals surface area contributed by atoms with Crippen LogP contribution in [0.2, 0.25) is 0 Å². The SMILES string of the molecule is CCS(=O)(=O)N[C@H](Cc1ccccc1)C(=O)NC(=O)[C@@H]1CCCN1Cc1cccc(C(N)=NO)c1. The van der Waals surface area contributed by atoms with Gasteiger partial charge in [0.2, 0.25) is 21.8 Å². The Morgan fingerprint density at radius 2 is 1.89 bits per heavy atom. The third-order valence-electron chi connectivity index (χ3n) is 5.93. The van der Waals surface area contributed by atoms with E-state index < -0.39 is 33.9 Å². The van der Waals surface area contributed by atoms with E-state index in [1.54, 1.807) is 42.5 Å². The Balaban J connectivity index is 1.70. The molecule has 0 aromatic heterocycles. The number of hydrogen-bond donors (Lipinski definition) is 4. The monoisotopic (exact) mass is 501 g/mol. The zero-order chi connectivity index (χ0) is 25.4. The van der Waals surface area contributed by atoms with Crippen molar-refractivity contribution < 1.29 is 23.2 Å². The third kappa shape index (κ3) is 7.35. The fraction of sp³-hybridized carbons (Fsp3) is 0.375. The van der Waals surface area contributed by atoms with E-state index in [1.807, 2.05) is 17.0 Å². The van der Waals surface area contributed by atoms with Crippen molar-refractivity contribution in [2.45, 2.75) is 44.8 Å². The Morgan fingerprint density at radius 3 is 2.57 bits per heavy atom. The van der Waals surface area contributed by atoms with Crippen LogP contribution in [0.5, 0.6) is 0 Å². The first-order valence-corrected chi connectivity index (χ1v) is 13.1. The maximum absolute atomic E-state index is 13.0. The van der Waals surface area contributed by atoms with Gasteiger partial charge in [-0.2, -0.15) is 0 Å². The maximum Gasteiger partial charge on any atom is 0.245 e. The van der Waals surface area contributed by atoms with Crippen LogP contribution in [0.4, 0.5) is 0 Å². The standard InChI is InChI=1S/C24H31N5O5S/c1-2-35(33,34)28-20(15-17-8-4-3-5-9-17)23(30)26-24(31)21-12-7-13-29(21)16-18-10-6-11-19(14-18)22(25)27-32/h3-6,8-11,14,20-21,28,32H,2,7,12-13,15-16H2,1H3,(H2,25,27)(H,26,30,31)/t20-,21+/m1/s1. The minimum absolute atomic E-state index is 0.00727. The van der Waals surface area contributed by atoms with Crippen LogP contribution in [0.3, 0.4) is 0 Å². The summed E-state index contributed by atoms with van der Waals surface area (Å²) in [6.07, 6.45) is 1.47. The molecule has 0 unspecified atom stereocenters. The van der Waals surface area contributed by atoms with Gasteiger partial charge in [0.05, 0.1) is 11.8 Å². The topological polar surface area (TPSA) is 154 Å². The van der Waals surface area contributed by atoms with Crippen molar-refractivity contribution in [3.8, 4) is 0 Å². The number of amidine groups is 1. The number of nitrogens with one attached hydrogen (secondary N) is 2. The van der Waals surface area contributed by atoms with Crippen molar-refractivity contribution in [2.24, 2.45) is 10.9 Å². The molecule has 1 saturated heterocycles. The van der Waals surface area contributed by atoms with E-state index in [4.69, 9.17) is 10.9 Å². The summed E-state index contributed by atoms with van der Waals surface area (Å²) < 4.78 is 26.8.